The molecule has 8 nitrogen and oxygen atoms in total. The van der Waals surface area contributed by atoms with Crippen molar-refractivity contribution in [3.63, 3.8) is 0 Å². The van der Waals surface area contributed by atoms with Crippen LogP contribution in [0.3, 0.4) is 0 Å². The lowest BCUT2D eigenvalue weighted by Gasteiger charge is -2.38. The standard InChI is InChI=1S/C32H31ClN4O4/c1-22(23-7-3-2-4-8-23)36-15-17-37(18-16-36)31(39)21-41-30-14-12-25(26-9-5-6-10-27(26)30)20-34-35-32(40)24-11-13-29(38)28(33)19-24/h2-14,19-20,22,38H,15-18,21H2,1H3,(H,35,40). The average molecular weight is 571 g/mol. The van der Waals surface area contributed by atoms with Gasteiger partial charge in [-0.1, -0.05) is 66.2 Å². The highest BCUT2D eigenvalue weighted by molar-refractivity contribution is 6.32. The second-order valence-electron chi connectivity index (χ2n) is 9.86. The first-order valence-electron chi connectivity index (χ1n) is 13.4. The van der Waals surface area contributed by atoms with Gasteiger partial charge in [-0.05, 0) is 48.2 Å². The van der Waals surface area contributed by atoms with Crippen molar-refractivity contribution >= 4 is 40.4 Å². The topological polar surface area (TPSA) is 94.5 Å². The predicted octanol–water partition coefficient (Wildman–Crippen LogP) is 5.25. The van der Waals surface area contributed by atoms with Gasteiger partial charge < -0.3 is 14.7 Å². The molecule has 1 saturated heterocycles. The van der Waals surface area contributed by atoms with Crippen LogP contribution >= 0.6 is 11.6 Å². The number of carbonyl (C=O) groups excluding carboxylic acids is 2. The lowest BCUT2D eigenvalue weighted by atomic mass is 10.0. The lowest BCUT2D eigenvalue weighted by molar-refractivity contribution is -0.135. The van der Waals surface area contributed by atoms with Crippen LogP contribution in [-0.2, 0) is 4.79 Å². The molecule has 1 atom stereocenters. The molecule has 2 amide bonds. The normalized spacial score (nSPS) is 14.7. The molecule has 1 heterocycles. The number of benzene rings is 4. The molecule has 1 unspecified atom stereocenters. The zero-order valence-corrected chi connectivity index (χ0v) is 23.4. The Morgan fingerprint density at radius 3 is 2.41 bits per heavy atom. The molecule has 0 aliphatic carbocycles. The van der Waals surface area contributed by atoms with Crippen molar-refractivity contribution in [2.45, 2.75) is 13.0 Å². The molecule has 5 rings (SSSR count). The number of aromatic hydroxyl groups is 1. The van der Waals surface area contributed by atoms with Crippen molar-refractivity contribution in [3.05, 3.63) is 107 Å². The smallest absolute Gasteiger partial charge is 0.271 e. The van der Waals surface area contributed by atoms with E-state index < -0.39 is 5.91 Å². The summed E-state index contributed by atoms with van der Waals surface area (Å²) in [6.45, 7) is 5.12. The molecular weight excluding hydrogens is 540 g/mol. The summed E-state index contributed by atoms with van der Waals surface area (Å²) in [7, 11) is 0. The van der Waals surface area contributed by atoms with Crippen molar-refractivity contribution in [2.24, 2.45) is 5.10 Å². The molecule has 210 valence electrons. The number of rotatable bonds is 8. The molecular formula is C32H31ClN4O4. The third-order valence-corrected chi connectivity index (χ3v) is 7.65. The zero-order valence-electron chi connectivity index (χ0n) is 22.7. The molecule has 9 heteroatoms. The Balaban J connectivity index is 1.18. The van der Waals surface area contributed by atoms with Crippen LogP contribution in [0.2, 0.25) is 5.02 Å². The number of amides is 2. The van der Waals surface area contributed by atoms with Gasteiger partial charge in [0.1, 0.15) is 11.5 Å². The number of hydrogen-bond donors (Lipinski definition) is 2. The van der Waals surface area contributed by atoms with E-state index in [2.05, 4.69) is 46.6 Å². The first-order chi connectivity index (χ1) is 19.9. The van der Waals surface area contributed by atoms with E-state index in [-0.39, 0.29) is 28.8 Å². The van der Waals surface area contributed by atoms with Gasteiger partial charge >= 0.3 is 0 Å². The Bertz CT molecular complexity index is 1570. The van der Waals surface area contributed by atoms with Crippen LogP contribution in [0.4, 0.5) is 0 Å². The van der Waals surface area contributed by atoms with Gasteiger partial charge in [0.2, 0.25) is 0 Å². The van der Waals surface area contributed by atoms with E-state index in [1.54, 1.807) is 12.3 Å². The summed E-state index contributed by atoms with van der Waals surface area (Å²) < 4.78 is 6.00. The summed E-state index contributed by atoms with van der Waals surface area (Å²) in [5.74, 6) is 0.00787. The monoisotopic (exact) mass is 570 g/mol. The molecule has 0 bridgehead atoms. The number of nitrogens with one attached hydrogen (secondary N) is 1. The van der Waals surface area contributed by atoms with Gasteiger partial charge in [-0.3, -0.25) is 14.5 Å². The summed E-state index contributed by atoms with van der Waals surface area (Å²) in [6.07, 6.45) is 1.55. The van der Waals surface area contributed by atoms with Crippen LogP contribution in [0.25, 0.3) is 10.8 Å². The number of fused-ring (bicyclic) bond motifs is 1. The number of ether oxygens (including phenoxy) is 1. The first kappa shape index (κ1) is 28.1. The van der Waals surface area contributed by atoms with Crippen LogP contribution in [-0.4, -0.2) is 65.7 Å². The summed E-state index contributed by atoms with van der Waals surface area (Å²) in [5.41, 5.74) is 4.80. The third kappa shape index (κ3) is 6.67. The Morgan fingerprint density at radius 1 is 0.976 bits per heavy atom. The molecule has 1 fully saturated rings. The van der Waals surface area contributed by atoms with E-state index >= 15 is 0 Å². The Labute approximate surface area is 243 Å². The van der Waals surface area contributed by atoms with E-state index in [9.17, 15) is 14.7 Å². The van der Waals surface area contributed by atoms with Gasteiger partial charge in [0.05, 0.1) is 11.2 Å². The van der Waals surface area contributed by atoms with E-state index in [1.165, 1.54) is 23.8 Å². The molecule has 0 spiro atoms. The predicted molar refractivity (Wildman–Crippen MR) is 161 cm³/mol. The maximum atomic E-state index is 13.0. The molecule has 4 aromatic rings. The molecule has 0 saturated carbocycles. The van der Waals surface area contributed by atoms with E-state index in [4.69, 9.17) is 16.3 Å². The largest absolute Gasteiger partial charge is 0.506 e. The molecule has 1 aliphatic rings. The number of halogens is 1. The van der Waals surface area contributed by atoms with Gasteiger partial charge in [-0.2, -0.15) is 5.10 Å². The van der Waals surface area contributed by atoms with Crippen molar-refractivity contribution in [3.8, 4) is 11.5 Å². The minimum Gasteiger partial charge on any atom is -0.506 e. The molecule has 1 aliphatic heterocycles. The fourth-order valence-corrected chi connectivity index (χ4v) is 5.12. The van der Waals surface area contributed by atoms with Crippen LogP contribution in [0.5, 0.6) is 11.5 Å². The van der Waals surface area contributed by atoms with Crippen LogP contribution < -0.4 is 10.2 Å². The Morgan fingerprint density at radius 2 is 1.68 bits per heavy atom. The van der Waals surface area contributed by atoms with Gasteiger partial charge in [0, 0.05) is 48.7 Å². The number of carbonyl (C=O) groups is 2. The minimum atomic E-state index is -0.457. The highest BCUT2D eigenvalue weighted by Crippen LogP contribution is 2.28. The number of phenols is 1. The van der Waals surface area contributed by atoms with Gasteiger partial charge in [-0.15, -0.1) is 0 Å². The molecule has 4 aromatic carbocycles. The Hall–Kier alpha value is -4.40. The minimum absolute atomic E-state index is 0.0382. The summed E-state index contributed by atoms with van der Waals surface area (Å²) >= 11 is 5.89. The zero-order chi connectivity index (χ0) is 28.8. The van der Waals surface area contributed by atoms with Crippen molar-refractivity contribution in [1.29, 1.82) is 0 Å². The summed E-state index contributed by atoms with van der Waals surface area (Å²) in [5, 5.41) is 15.4. The fourth-order valence-electron chi connectivity index (χ4n) is 4.94. The molecule has 0 aromatic heterocycles. The van der Waals surface area contributed by atoms with Crippen LogP contribution in [0.15, 0.2) is 90.0 Å². The van der Waals surface area contributed by atoms with Gasteiger partial charge in [0.25, 0.3) is 11.8 Å². The maximum absolute atomic E-state index is 13.0. The SMILES string of the molecule is CC(c1ccccc1)N1CCN(C(=O)COc2ccc(C=NNC(=O)c3ccc(O)c(Cl)c3)c3ccccc23)CC1. The number of hydrogen-bond acceptors (Lipinski definition) is 6. The first-order valence-corrected chi connectivity index (χ1v) is 13.8. The van der Waals surface area contributed by atoms with Crippen molar-refractivity contribution < 1.29 is 19.4 Å². The number of nitrogens with zero attached hydrogens (tertiary/aromatic N) is 3. The average Bonchev–Trinajstić information content (AvgIpc) is 3.01. The van der Waals surface area contributed by atoms with Crippen LogP contribution in [0.1, 0.15) is 34.5 Å². The van der Waals surface area contributed by atoms with Gasteiger partial charge in [0.15, 0.2) is 6.61 Å². The lowest BCUT2D eigenvalue weighted by Crippen LogP contribution is -2.50. The number of phenolic OH excluding ortho intramolecular Hbond substituents is 1. The third-order valence-electron chi connectivity index (χ3n) is 7.35. The molecule has 2 N–H and O–H groups in total. The quantitative estimate of drug-likeness (QED) is 0.223. The van der Waals surface area contributed by atoms with Crippen molar-refractivity contribution in [1.82, 2.24) is 15.2 Å². The van der Waals surface area contributed by atoms with E-state index in [0.29, 0.717) is 24.9 Å². The maximum Gasteiger partial charge on any atom is 0.271 e. The highest BCUT2D eigenvalue weighted by atomic mass is 35.5. The van der Waals surface area contributed by atoms with E-state index in [0.717, 1.165) is 29.4 Å². The van der Waals surface area contributed by atoms with Crippen molar-refractivity contribution in [2.75, 3.05) is 32.8 Å². The Kier molecular flexibility index (Phi) is 8.82. The van der Waals surface area contributed by atoms with E-state index in [1.807, 2.05) is 41.3 Å². The fraction of sp³-hybridized carbons (Fsp3) is 0.219. The highest BCUT2D eigenvalue weighted by Gasteiger charge is 2.25. The second-order valence-corrected chi connectivity index (χ2v) is 10.3. The molecule has 0 radical (unpaired) electrons. The number of piperazine rings is 1. The summed E-state index contributed by atoms with van der Waals surface area (Å²) in [4.78, 5) is 29.6. The summed E-state index contributed by atoms with van der Waals surface area (Å²) in [6, 6.07) is 26.2. The van der Waals surface area contributed by atoms with Crippen LogP contribution in [0, 0.1) is 0 Å². The number of hydrazone groups is 1. The van der Waals surface area contributed by atoms with Gasteiger partial charge in [-0.25, -0.2) is 5.43 Å². The second kappa shape index (κ2) is 12.8. The molecule has 41 heavy (non-hydrogen) atoms.